The minimum atomic E-state index is -0.564. The summed E-state index contributed by atoms with van der Waals surface area (Å²) < 4.78 is 11.2. The Bertz CT molecular complexity index is 1150. The molecule has 8 heteroatoms. The lowest BCUT2D eigenvalue weighted by atomic mass is 10.1. The first kappa shape index (κ1) is 20.9. The van der Waals surface area contributed by atoms with E-state index in [1.807, 2.05) is 37.3 Å². The molecule has 2 amide bonds. The number of anilines is 1. The zero-order valence-corrected chi connectivity index (χ0v) is 18.2. The second kappa shape index (κ2) is 9.20. The van der Waals surface area contributed by atoms with Gasteiger partial charge >= 0.3 is 0 Å². The van der Waals surface area contributed by atoms with Crippen molar-refractivity contribution in [3.8, 4) is 5.75 Å². The number of hydrogen-bond acceptors (Lipinski definition) is 6. The average molecular weight is 451 g/mol. The monoisotopic (exact) mass is 450 g/mol. The summed E-state index contributed by atoms with van der Waals surface area (Å²) in [6.45, 7) is 2.43. The summed E-state index contributed by atoms with van der Waals surface area (Å²) in [5.74, 6) is -0.00530. The maximum atomic E-state index is 13.1. The van der Waals surface area contributed by atoms with Crippen molar-refractivity contribution in [2.45, 2.75) is 16.9 Å². The number of carbonyl (C=O) groups is 2. The topological polar surface area (TPSA) is 71.8 Å². The Kier molecular flexibility index (Phi) is 6.20. The Labute approximate surface area is 188 Å². The van der Waals surface area contributed by atoms with Gasteiger partial charge < -0.3 is 9.15 Å². The van der Waals surface area contributed by atoms with Crippen LogP contribution in [0.2, 0.25) is 0 Å². The van der Waals surface area contributed by atoms with E-state index >= 15 is 0 Å². The number of nitrogens with one attached hydrogen (secondary N) is 1. The molecule has 1 aromatic heterocycles. The van der Waals surface area contributed by atoms with Gasteiger partial charge in [0.1, 0.15) is 17.1 Å². The van der Waals surface area contributed by atoms with Gasteiger partial charge in [-0.2, -0.15) is 0 Å². The summed E-state index contributed by atoms with van der Waals surface area (Å²) in [5, 5.41) is 3.24. The number of rotatable bonds is 6. The largest absolute Gasteiger partial charge is 0.494 e. The molecule has 1 aliphatic heterocycles. The number of amides is 2. The molecule has 1 N–H and O–H groups in total. The zero-order valence-electron chi connectivity index (χ0n) is 16.5. The van der Waals surface area contributed by atoms with Crippen molar-refractivity contribution in [3.63, 3.8) is 0 Å². The van der Waals surface area contributed by atoms with Crippen LogP contribution in [-0.4, -0.2) is 23.5 Å². The summed E-state index contributed by atoms with van der Waals surface area (Å²) >= 11 is 6.68. The lowest BCUT2D eigenvalue weighted by molar-refractivity contribution is -0.122. The predicted octanol–water partition coefficient (Wildman–Crippen LogP) is 4.66. The number of ether oxygens (including phenoxy) is 1. The van der Waals surface area contributed by atoms with Crippen molar-refractivity contribution >= 4 is 52.7 Å². The molecule has 1 saturated heterocycles. The van der Waals surface area contributed by atoms with Gasteiger partial charge in [0.2, 0.25) is 0 Å². The van der Waals surface area contributed by atoms with Crippen LogP contribution in [0.5, 0.6) is 5.75 Å². The van der Waals surface area contributed by atoms with Gasteiger partial charge in [0.05, 0.1) is 12.3 Å². The Morgan fingerprint density at radius 1 is 1.06 bits per heavy atom. The van der Waals surface area contributed by atoms with Crippen molar-refractivity contribution in [2.24, 2.45) is 0 Å². The third-order valence-corrected chi connectivity index (χ3v) is 5.57. The van der Waals surface area contributed by atoms with E-state index in [0.717, 1.165) is 4.90 Å². The van der Waals surface area contributed by atoms with Gasteiger partial charge in [0.15, 0.2) is 10.2 Å². The van der Waals surface area contributed by atoms with Crippen LogP contribution in [0.4, 0.5) is 5.69 Å². The smallest absolute Gasteiger partial charge is 0.270 e. The molecular weight excluding hydrogens is 432 g/mol. The van der Waals surface area contributed by atoms with Crippen molar-refractivity contribution in [1.29, 1.82) is 0 Å². The Morgan fingerprint density at radius 3 is 2.52 bits per heavy atom. The van der Waals surface area contributed by atoms with Crippen LogP contribution in [0.25, 0.3) is 6.08 Å². The van der Waals surface area contributed by atoms with E-state index in [1.165, 1.54) is 22.7 Å². The number of benzene rings is 2. The van der Waals surface area contributed by atoms with E-state index in [0.29, 0.717) is 28.9 Å². The Hall–Kier alpha value is -3.36. The molecular formula is C23H18N2O4S2. The van der Waals surface area contributed by atoms with Crippen molar-refractivity contribution in [1.82, 2.24) is 5.32 Å². The summed E-state index contributed by atoms with van der Waals surface area (Å²) in [6, 6.07) is 20.2. The highest BCUT2D eigenvalue weighted by molar-refractivity contribution is 7.99. The van der Waals surface area contributed by atoms with Crippen LogP contribution < -0.4 is 15.0 Å². The van der Waals surface area contributed by atoms with Gasteiger partial charge in [-0.1, -0.05) is 30.0 Å². The minimum absolute atomic E-state index is 0.0241. The quantitative estimate of drug-likeness (QED) is 0.335. The first-order chi connectivity index (χ1) is 15.0. The molecule has 1 fully saturated rings. The number of thiocarbonyl (C=S) groups is 1. The van der Waals surface area contributed by atoms with E-state index in [4.69, 9.17) is 21.4 Å². The zero-order chi connectivity index (χ0) is 21.8. The molecule has 4 rings (SSSR count). The molecule has 0 saturated carbocycles. The van der Waals surface area contributed by atoms with E-state index in [-0.39, 0.29) is 10.7 Å². The number of nitrogens with zero attached hydrogens (tertiary/aromatic N) is 1. The molecule has 0 bridgehead atoms. The van der Waals surface area contributed by atoms with Crippen LogP contribution in [-0.2, 0) is 9.59 Å². The maximum Gasteiger partial charge on any atom is 0.270 e. The van der Waals surface area contributed by atoms with E-state index in [1.54, 1.807) is 36.4 Å². The molecule has 0 aliphatic carbocycles. The molecule has 0 atom stereocenters. The molecule has 2 heterocycles. The van der Waals surface area contributed by atoms with Crippen LogP contribution in [0.3, 0.4) is 0 Å². The maximum absolute atomic E-state index is 13.1. The van der Waals surface area contributed by atoms with Gasteiger partial charge in [-0.15, -0.1) is 0 Å². The third-order valence-electron chi connectivity index (χ3n) is 4.36. The highest BCUT2D eigenvalue weighted by Crippen LogP contribution is 2.30. The molecule has 0 unspecified atom stereocenters. The first-order valence-electron chi connectivity index (χ1n) is 9.52. The molecule has 156 valence electrons. The van der Waals surface area contributed by atoms with Crippen molar-refractivity contribution in [3.05, 3.63) is 78.1 Å². The Balaban J connectivity index is 1.57. The normalized spacial score (nSPS) is 15.3. The van der Waals surface area contributed by atoms with Gasteiger partial charge in [-0.05, 0) is 73.7 Å². The number of hydrogen-bond donors (Lipinski definition) is 1. The van der Waals surface area contributed by atoms with Crippen molar-refractivity contribution < 1.29 is 18.7 Å². The molecule has 6 nitrogen and oxygen atoms in total. The Morgan fingerprint density at radius 2 is 1.81 bits per heavy atom. The highest BCUT2D eigenvalue weighted by atomic mass is 32.2. The fourth-order valence-corrected chi connectivity index (χ4v) is 4.04. The lowest BCUT2D eigenvalue weighted by Crippen LogP contribution is -2.54. The summed E-state index contributed by atoms with van der Waals surface area (Å²) in [4.78, 5) is 27.8. The lowest BCUT2D eigenvalue weighted by Gasteiger charge is -2.28. The van der Waals surface area contributed by atoms with Crippen LogP contribution >= 0.6 is 24.0 Å². The number of furan rings is 1. The number of carbonyl (C=O) groups excluding carboxylic acids is 2. The predicted molar refractivity (Wildman–Crippen MR) is 123 cm³/mol. The second-order valence-corrected chi connectivity index (χ2v) is 7.92. The van der Waals surface area contributed by atoms with E-state index in [2.05, 4.69) is 5.32 Å². The van der Waals surface area contributed by atoms with Crippen LogP contribution in [0, 0.1) is 0 Å². The molecule has 1 aliphatic rings. The van der Waals surface area contributed by atoms with Gasteiger partial charge in [-0.25, -0.2) is 0 Å². The third kappa shape index (κ3) is 4.70. The van der Waals surface area contributed by atoms with Gasteiger partial charge in [0, 0.05) is 4.90 Å². The van der Waals surface area contributed by atoms with Gasteiger partial charge in [0.25, 0.3) is 11.8 Å². The van der Waals surface area contributed by atoms with Crippen LogP contribution in [0.1, 0.15) is 12.7 Å². The minimum Gasteiger partial charge on any atom is -0.494 e. The summed E-state index contributed by atoms with van der Waals surface area (Å²) in [5.41, 5.74) is 0.470. The highest BCUT2D eigenvalue weighted by Gasteiger charge is 2.34. The molecule has 0 radical (unpaired) electrons. The summed E-state index contributed by atoms with van der Waals surface area (Å²) in [7, 11) is 0. The molecule has 31 heavy (non-hydrogen) atoms. The SMILES string of the molecule is CCOc1ccc(N2C(=O)/C(=C/c3ccc(Sc4ccccc4)o3)C(=O)NC2=S)cc1. The fourth-order valence-electron chi connectivity index (χ4n) is 2.96. The van der Waals surface area contributed by atoms with E-state index < -0.39 is 11.8 Å². The van der Waals surface area contributed by atoms with Crippen LogP contribution in [0.15, 0.2) is 86.7 Å². The molecule has 2 aromatic carbocycles. The first-order valence-corrected chi connectivity index (χ1v) is 10.7. The molecule has 3 aromatic rings. The second-order valence-electron chi connectivity index (χ2n) is 6.46. The van der Waals surface area contributed by atoms with Crippen molar-refractivity contribution in [2.75, 3.05) is 11.5 Å². The average Bonchev–Trinajstić information content (AvgIpc) is 3.20. The van der Waals surface area contributed by atoms with E-state index in [9.17, 15) is 9.59 Å². The standard InChI is InChI=1S/C23H18N2O4S2/c1-2-28-16-10-8-15(9-11-16)25-22(27)19(21(26)24-23(25)30)14-17-12-13-20(29-17)31-18-6-4-3-5-7-18/h3-14H,2H2,1H3,(H,24,26,30)/b19-14+. The summed E-state index contributed by atoms with van der Waals surface area (Å²) in [6.07, 6.45) is 1.43. The molecule has 0 spiro atoms. The fraction of sp³-hybridized carbons (Fsp3) is 0.0870. The van der Waals surface area contributed by atoms with Gasteiger partial charge in [-0.3, -0.25) is 19.8 Å².